The molecule has 0 atom stereocenters. The van der Waals surface area contributed by atoms with E-state index in [1.807, 2.05) is 72.8 Å². The van der Waals surface area contributed by atoms with Crippen LogP contribution in [0, 0.1) is 0 Å². The molecular formula is C27H22Cl2O. The number of ketones is 1. The quantitative estimate of drug-likeness (QED) is 0.232. The van der Waals surface area contributed by atoms with E-state index >= 15 is 0 Å². The van der Waals surface area contributed by atoms with Crippen molar-refractivity contribution in [1.29, 1.82) is 0 Å². The minimum Gasteiger partial charge on any atom is -0.289 e. The first-order valence-electron chi connectivity index (χ1n) is 9.66. The lowest BCUT2D eigenvalue weighted by molar-refractivity contribution is 0.103. The summed E-state index contributed by atoms with van der Waals surface area (Å²) in [6.45, 7) is 0. The lowest BCUT2D eigenvalue weighted by Crippen LogP contribution is -2.00. The van der Waals surface area contributed by atoms with Crippen LogP contribution in [-0.2, 0) is 11.8 Å². The molecule has 4 aromatic carbocycles. The summed E-state index contributed by atoms with van der Waals surface area (Å²) in [6.07, 6.45) is 0. The standard InChI is InChI=1S/C14H11ClO.C13H11Cl/c15-10-11-6-8-13(9-7-11)14(16)12-4-2-1-3-5-12;14-10-11-6-8-13(9-7-11)12-4-2-1-3-5-12/h1-9H,10H2;1-9H,10H2. The van der Waals surface area contributed by atoms with Crippen molar-refractivity contribution < 1.29 is 4.79 Å². The van der Waals surface area contributed by atoms with E-state index in [9.17, 15) is 4.79 Å². The van der Waals surface area contributed by atoms with Crippen LogP contribution in [0.2, 0.25) is 0 Å². The summed E-state index contributed by atoms with van der Waals surface area (Å²) >= 11 is 11.4. The molecule has 0 fully saturated rings. The lowest BCUT2D eigenvalue weighted by atomic mass is 10.0. The average molecular weight is 433 g/mol. The molecule has 4 aromatic rings. The van der Waals surface area contributed by atoms with E-state index < -0.39 is 0 Å². The van der Waals surface area contributed by atoms with Gasteiger partial charge in [-0.3, -0.25) is 4.79 Å². The van der Waals surface area contributed by atoms with Crippen LogP contribution in [0.15, 0.2) is 109 Å². The van der Waals surface area contributed by atoms with Crippen molar-refractivity contribution in [3.63, 3.8) is 0 Å². The Morgan fingerprint density at radius 2 is 0.900 bits per heavy atom. The SMILES string of the molecule is ClCc1ccc(-c2ccccc2)cc1.O=C(c1ccccc1)c1ccc(CCl)cc1. The van der Waals surface area contributed by atoms with Crippen LogP contribution >= 0.6 is 23.2 Å². The Labute approximate surface area is 187 Å². The summed E-state index contributed by atoms with van der Waals surface area (Å²) < 4.78 is 0. The monoisotopic (exact) mass is 432 g/mol. The van der Waals surface area contributed by atoms with Crippen LogP contribution in [0.3, 0.4) is 0 Å². The molecule has 0 spiro atoms. The molecule has 0 N–H and O–H groups in total. The zero-order chi connectivity index (χ0) is 21.2. The van der Waals surface area contributed by atoms with Crippen molar-refractivity contribution in [3.05, 3.63) is 131 Å². The number of carbonyl (C=O) groups excluding carboxylic acids is 1. The molecular weight excluding hydrogens is 411 g/mol. The topological polar surface area (TPSA) is 17.1 Å². The molecule has 4 rings (SSSR count). The molecule has 30 heavy (non-hydrogen) atoms. The fourth-order valence-electron chi connectivity index (χ4n) is 2.92. The second kappa shape index (κ2) is 11.3. The second-order valence-electron chi connectivity index (χ2n) is 6.72. The van der Waals surface area contributed by atoms with Crippen molar-refractivity contribution in [2.75, 3.05) is 0 Å². The summed E-state index contributed by atoms with van der Waals surface area (Å²) in [5.74, 6) is 1.09. The van der Waals surface area contributed by atoms with Gasteiger partial charge < -0.3 is 0 Å². The number of hydrogen-bond donors (Lipinski definition) is 0. The second-order valence-corrected chi connectivity index (χ2v) is 7.26. The van der Waals surface area contributed by atoms with Crippen molar-refractivity contribution in [2.45, 2.75) is 11.8 Å². The van der Waals surface area contributed by atoms with Crippen LogP contribution in [0.25, 0.3) is 11.1 Å². The highest BCUT2D eigenvalue weighted by Crippen LogP contribution is 2.19. The van der Waals surface area contributed by atoms with Crippen LogP contribution < -0.4 is 0 Å². The first-order chi connectivity index (χ1) is 14.7. The fourth-order valence-corrected chi connectivity index (χ4v) is 3.27. The zero-order valence-corrected chi connectivity index (χ0v) is 18.0. The Balaban J connectivity index is 0.000000172. The van der Waals surface area contributed by atoms with Gasteiger partial charge in [0.2, 0.25) is 0 Å². The minimum absolute atomic E-state index is 0.0433. The van der Waals surface area contributed by atoms with Gasteiger partial charge in [-0.05, 0) is 22.3 Å². The van der Waals surface area contributed by atoms with E-state index in [2.05, 4.69) is 36.4 Å². The van der Waals surface area contributed by atoms with Crippen molar-refractivity contribution in [3.8, 4) is 11.1 Å². The molecule has 0 aliphatic rings. The van der Waals surface area contributed by atoms with Gasteiger partial charge in [0.15, 0.2) is 5.78 Å². The number of carbonyl (C=O) groups is 1. The van der Waals surface area contributed by atoms with Crippen LogP contribution in [0.5, 0.6) is 0 Å². The Kier molecular flexibility index (Phi) is 8.26. The molecule has 0 heterocycles. The summed E-state index contributed by atoms with van der Waals surface area (Å²) in [5, 5.41) is 0. The molecule has 0 amide bonds. The van der Waals surface area contributed by atoms with Crippen molar-refractivity contribution >= 4 is 29.0 Å². The molecule has 0 unspecified atom stereocenters. The predicted octanol–water partition coefficient (Wildman–Crippen LogP) is 7.75. The highest BCUT2D eigenvalue weighted by Gasteiger charge is 2.07. The zero-order valence-electron chi connectivity index (χ0n) is 16.5. The van der Waals surface area contributed by atoms with Gasteiger partial charge in [0.05, 0.1) is 0 Å². The van der Waals surface area contributed by atoms with E-state index in [1.54, 1.807) is 0 Å². The normalized spacial score (nSPS) is 10.1. The summed E-state index contributed by atoms with van der Waals surface area (Å²) in [6, 6.07) is 35.3. The van der Waals surface area contributed by atoms with E-state index in [1.165, 1.54) is 11.1 Å². The van der Waals surface area contributed by atoms with Crippen LogP contribution in [-0.4, -0.2) is 5.78 Å². The molecule has 0 bridgehead atoms. The van der Waals surface area contributed by atoms with Gasteiger partial charge in [0.1, 0.15) is 0 Å². The molecule has 0 saturated heterocycles. The molecule has 0 aliphatic carbocycles. The Morgan fingerprint density at radius 3 is 1.40 bits per heavy atom. The summed E-state index contributed by atoms with van der Waals surface area (Å²) in [7, 11) is 0. The Hall–Kier alpha value is -2.87. The number of halogens is 2. The van der Waals surface area contributed by atoms with E-state index in [-0.39, 0.29) is 5.78 Å². The number of rotatable bonds is 5. The van der Waals surface area contributed by atoms with Crippen LogP contribution in [0.1, 0.15) is 27.0 Å². The Bertz CT molecular complexity index is 1040. The lowest BCUT2D eigenvalue weighted by Gasteiger charge is -2.01. The van der Waals surface area contributed by atoms with Gasteiger partial charge in [-0.2, -0.15) is 0 Å². The van der Waals surface area contributed by atoms with E-state index in [0.717, 1.165) is 11.1 Å². The molecule has 0 aromatic heterocycles. The molecule has 0 aliphatic heterocycles. The van der Waals surface area contributed by atoms with Gasteiger partial charge in [0.25, 0.3) is 0 Å². The maximum absolute atomic E-state index is 12.0. The van der Waals surface area contributed by atoms with Gasteiger partial charge in [0, 0.05) is 22.9 Å². The smallest absolute Gasteiger partial charge is 0.193 e. The average Bonchev–Trinajstić information content (AvgIpc) is 2.85. The molecule has 3 heteroatoms. The van der Waals surface area contributed by atoms with Crippen LogP contribution in [0.4, 0.5) is 0 Å². The Morgan fingerprint density at radius 1 is 0.500 bits per heavy atom. The van der Waals surface area contributed by atoms with Gasteiger partial charge >= 0.3 is 0 Å². The van der Waals surface area contributed by atoms with E-state index in [0.29, 0.717) is 22.9 Å². The summed E-state index contributed by atoms with van der Waals surface area (Å²) in [5.41, 5.74) is 6.06. The van der Waals surface area contributed by atoms with Gasteiger partial charge in [-0.25, -0.2) is 0 Å². The van der Waals surface area contributed by atoms with Gasteiger partial charge in [-0.1, -0.05) is 109 Å². The third-order valence-corrected chi connectivity index (χ3v) is 5.24. The molecule has 0 radical (unpaired) electrons. The third-order valence-electron chi connectivity index (χ3n) is 4.62. The maximum Gasteiger partial charge on any atom is 0.193 e. The highest BCUT2D eigenvalue weighted by molar-refractivity contribution is 6.17. The van der Waals surface area contributed by atoms with Crippen molar-refractivity contribution in [2.24, 2.45) is 0 Å². The number of alkyl halides is 2. The highest BCUT2D eigenvalue weighted by atomic mass is 35.5. The molecule has 150 valence electrons. The third kappa shape index (κ3) is 6.06. The first kappa shape index (κ1) is 21.8. The number of hydrogen-bond acceptors (Lipinski definition) is 1. The predicted molar refractivity (Wildman–Crippen MR) is 127 cm³/mol. The molecule has 0 saturated carbocycles. The maximum atomic E-state index is 12.0. The van der Waals surface area contributed by atoms with E-state index in [4.69, 9.17) is 23.2 Å². The number of benzene rings is 4. The largest absolute Gasteiger partial charge is 0.289 e. The fraction of sp³-hybridized carbons (Fsp3) is 0.0741. The van der Waals surface area contributed by atoms with Crippen molar-refractivity contribution in [1.82, 2.24) is 0 Å². The minimum atomic E-state index is 0.0433. The summed E-state index contributed by atoms with van der Waals surface area (Å²) in [4.78, 5) is 12.0. The van der Waals surface area contributed by atoms with Gasteiger partial charge in [-0.15, -0.1) is 23.2 Å². The first-order valence-corrected chi connectivity index (χ1v) is 10.7. The molecule has 1 nitrogen and oxygen atoms in total.